The molecule has 0 aliphatic rings. The summed E-state index contributed by atoms with van der Waals surface area (Å²) >= 11 is 23.8. The van der Waals surface area contributed by atoms with E-state index in [0.29, 0.717) is 35.9 Å². The minimum Gasteiger partial charge on any atom is -0.481 e. The first kappa shape index (κ1) is 124. The molecule has 6 amide bonds. The van der Waals surface area contributed by atoms with Crippen LogP contribution in [0.5, 0.6) is 0 Å². The predicted octanol–water partition coefficient (Wildman–Crippen LogP) is 29.4. The number of furan rings is 2. The van der Waals surface area contributed by atoms with Gasteiger partial charge in [0.15, 0.2) is 26.4 Å². The van der Waals surface area contributed by atoms with Crippen molar-refractivity contribution in [3.63, 3.8) is 0 Å². The number of amides is 6. The van der Waals surface area contributed by atoms with E-state index in [-0.39, 0.29) is 76.5 Å². The van der Waals surface area contributed by atoms with Crippen molar-refractivity contribution in [1.29, 1.82) is 0 Å². The quantitative estimate of drug-likeness (QED) is 0.0103. The zero-order valence-electron chi connectivity index (χ0n) is 72.1. The highest BCUT2D eigenvalue weighted by molar-refractivity contribution is 6.97. The molecule has 0 aromatic carbocycles. The number of carbonyl (C=O) groups excluding carboxylic acids is 9. The van der Waals surface area contributed by atoms with E-state index in [1.807, 2.05) is 0 Å². The molecule has 690 valence electrons. The van der Waals surface area contributed by atoms with Crippen LogP contribution in [0.2, 0.25) is 0 Å². The maximum absolute atomic E-state index is 12.1. The fraction of sp³-hybridized carbons (Fsp3) is 0.720. The lowest BCUT2D eigenvalue weighted by Gasteiger charge is -2.06. The Labute approximate surface area is 744 Å². The van der Waals surface area contributed by atoms with Crippen LogP contribution >= 0.6 is 58.0 Å². The Morgan fingerprint density at radius 1 is 0.319 bits per heavy atom. The molecule has 0 saturated heterocycles. The number of alkyl halides is 2. The number of hydrogen-bond donors (Lipinski definition) is 5. The Balaban J connectivity index is -0.000000393. The summed E-state index contributed by atoms with van der Waals surface area (Å²) in [5.74, 6) is 0.0857. The Morgan fingerprint density at radius 3 is 0.714 bits per heavy atom. The van der Waals surface area contributed by atoms with Gasteiger partial charge in [-0.05, 0) is 187 Å². The highest BCUT2D eigenvalue weighted by Crippen LogP contribution is 2.18. The van der Waals surface area contributed by atoms with E-state index in [9.17, 15) is 47.9 Å². The standard InChI is InChI=1S/C44H74N2O7.C18H33ClO.C18H34O2.C8H10N2O5.C2Cl2O2.CH2Cl2.2CH4/c1-3-5-7-9-11-13-15-17-19-21-23-25-27-29-31-33-41(47)45-43(49)51-37-39-35-36-40(53-39)38-52-44(50)46-42(48)34-32-30-28-26-24-22-20-18-16-14-12-10-8-6-4-2;2*1-2-3-4-5-6-7-8-9-10-11-12-13-14-15-16-17-18(19)20;9-7(11)13-3-5-1-2-6(15-5)4-14-8(10)12;3-1(5)2(4)6;2-1-3;;/h17-20,35-36H,3-16,21-34,37-38H2,1-2H3,(H,45,47,49)(H,46,48,50);9-10H,2-8,11-17H2,1H3;9-10H,2-8,11-17H2,1H3,(H,19,20);1-2H,3-4H2,(H2,9,11)(H2,10,12);;1H2;2*1H4/b19-17-,20-18-;2*10-9-;;;;;. The van der Waals surface area contributed by atoms with Crippen LogP contribution in [-0.2, 0) is 74.1 Å². The van der Waals surface area contributed by atoms with Crippen LogP contribution in [0.4, 0.5) is 19.2 Å². The van der Waals surface area contributed by atoms with Gasteiger partial charge in [-0.3, -0.25) is 39.4 Å². The molecule has 7 N–H and O–H groups in total. The lowest BCUT2D eigenvalue weighted by atomic mass is 10.1. The Hall–Kier alpha value is -6.13. The third-order valence-corrected chi connectivity index (χ3v) is 18.7. The van der Waals surface area contributed by atoms with Gasteiger partial charge in [0.25, 0.3) is 0 Å². The molecule has 0 aliphatic carbocycles. The number of nitrogens with one attached hydrogen (secondary N) is 2. The number of nitrogens with two attached hydrogens (primary N) is 2. The number of aliphatic carboxylic acids is 1. The zero-order chi connectivity index (χ0) is 87.4. The maximum Gasteiger partial charge on any atom is 0.414 e. The number of carbonyl (C=O) groups is 10. The van der Waals surface area contributed by atoms with Gasteiger partial charge >= 0.3 is 40.8 Å². The molecule has 0 radical (unpaired) electrons. The number of carboxylic acid groups (broad SMARTS) is 1. The van der Waals surface area contributed by atoms with E-state index in [4.69, 9.17) is 69.7 Å². The molecule has 2 aromatic rings. The smallest absolute Gasteiger partial charge is 0.414 e. The zero-order valence-corrected chi connectivity index (χ0v) is 75.9. The van der Waals surface area contributed by atoms with Crippen molar-refractivity contribution in [3.8, 4) is 0 Å². The first-order chi connectivity index (χ1) is 56.6. The van der Waals surface area contributed by atoms with Gasteiger partial charge in [0.1, 0.15) is 23.0 Å². The number of allylic oxidation sites excluding steroid dienone is 8. The summed E-state index contributed by atoms with van der Waals surface area (Å²) in [6, 6.07) is 6.33. The van der Waals surface area contributed by atoms with Crippen molar-refractivity contribution in [2.45, 2.75) is 429 Å². The van der Waals surface area contributed by atoms with E-state index in [1.54, 1.807) is 24.3 Å². The average Bonchev–Trinajstić information content (AvgIpc) is 1.77. The number of imide groups is 2. The van der Waals surface area contributed by atoms with Gasteiger partial charge in [-0.15, -0.1) is 23.2 Å². The first-order valence-corrected chi connectivity index (χ1v) is 46.3. The van der Waals surface area contributed by atoms with E-state index in [2.05, 4.69) is 120 Å². The van der Waals surface area contributed by atoms with Gasteiger partial charge in [0.2, 0.25) is 17.1 Å². The van der Waals surface area contributed by atoms with E-state index < -0.39 is 40.8 Å². The summed E-state index contributed by atoms with van der Waals surface area (Å²) in [5, 5.41) is 10.7. The van der Waals surface area contributed by atoms with Crippen molar-refractivity contribution < 1.29 is 80.8 Å². The van der Waals surface area contributed by atoms with Gasteiger partial charge < -0.3 is 44.4 Å². The van der Waals surface area contributed by atoms with E-state index >= 15 is 0 Å². The van der Waals surface area contributed by atoms with Crippen molar-refractivity contribution >= 4 is 116 Å². The topological polar surface area (TPSA) is 330 Å². The number of ether oxygens (including phenoxy) is 4. The lowest BCUT2D eigenvalue weighted by Crippen LogP contribution is -2.30. The van der Waals surface area contributed by atoms with Crippen LogP contribution in [0.1, 0.15) is 425 Å². The Kier molecular flexibility index (Phi) is 105. The largest absolute Gasteiger partial charge is 0.481 e. The third-order valence-electron chi connectivity index (χ3n) is 18.1. The number of alkyl carbamates (subject to hydrolysis) is 2. The molecule has 2 heterocycles. The molecular weight excluding hydrogens is 1620 g/mol. The molecule has 0 unspecified atom stereocenters. The molecule has 0 fully saturated rings. The summed E-state index contributed by atoms with van der Waals surface area (Å²) in [6.07, 6.45) is 80.2. The molecule has 0 spiro atoms. The van der Waals surface area contributed by atoms with Crippen LogP contribution in [0.25, 0.3) is 0 Å². The average molecular weight is 1780 g/mol. The summed E-state index contributed by atoms with van der Waals surface area (Å²) in [6.45, 7) is 8.54. The number of rotatable bonds is 69. The molecule has 0 aliphatic heterocycles. The van der Waals surface area contributed by atoms with Crippen LogP contribution in [0, 0.1) is 0 Å². The third kappa shape index (κ3) is 108. The minimum atomic E-state index is -1.14. The first-order valence-electron chi connectivity index (χ1n) is 44.1. The normalized spacial score (nSPS) is 10.6. The number of unbranched alkanes of at least 4 members (excludes halogenated alkanes) is 44. The second kappa shape index (κ2) is 101. The molecule has 0 atom stereocenters. The lowest BCUT2D eigenvalue weighted by molar-refractivity contribution is -0.137. The predicted molar refractivity (Wildman–Crippen MR) is 491 cm³/mol. The molecule has 0 bridgehead atoms. The summed E-state index contributed by atoms with van der Waals surface area (Å²) in [4.78, 5) is 108. The fourth-order valence-electron chi connectivity index (χ4n) is 11.5. The number of halogens is 5. The van der Waals surface area contributed by atoms with Crippen molar-refractivity contribution in [3.05, 3.63) is 95.9 Å². The SMILES string of the molecule is C.C.CCCCCCCC/C=C\CCCCCCCC(=O)Cl.CCCCCCCC/C=C\CCCCCCCC(=O)NC(=O)OCc1ccc(COC(=O)NC(=O)CCCCCCC/C=C\CCCCCCCC)o1.CCCCCCCC/C=C\CCCCCCCC(=O)O.ClCCl.NC(=O)OCc1ccc(COC(N)=O)o1.O=C(Cl)C(=O)Cl. The van der Waals surface area contributed by atoms with E-state index in [0.717, 1.165) is 103 Å². The van der Waals surface area contributed by atoms with Crippen molar-refractivity contribution in [1.82, 2.24) is 10.6 Å². The second-order valence-electron chi connectivity index (χ2n) is 28.9. The highest BCUT2D eigenvalue weighted by Gasteiger charge is 2.14. The second-order valence-corrected chi connectivity index (χ2v) is 30.9. The van der Waals surface area contributed by atoms with Gasteiger partial charge in [-0.2, -0.15) is 0 Å². The molecule has 0 saturated carbocycles. The van der Waals surface area contributed by atoms with Crippen molar-refractivity contribution in [2.75, 3.05) is 5.34 Å². The van der Waals surface area contributed by atoms with Crippen LogP contribution in [0.15, 0.2) is 81.7 Å². The molecule has 2 aromatic heterocycles. The van der Waals surface area contributed by atoms with Gasteiger partial charge in [-0.1, -0.05) is 297 Å². The maximum atomic E-state index is 12.1. The molecule has 119 heavy (non-hydrogen) atoms. The summed E-state index contributed by atoms with van der Waals surface area (Å²) in [5.41, 5.74) is 9.51. The van der Waals surface area contributed by atoms with Crippen LogP contribution in [0.3, 0.4) is 0 Å². The molecule has 26 heteroatoms. The Morgan fingerprint density at radius 2 is 0.513 bits per heavy atom. The van der Waals surface area contributed by atoms with Gasteiger partial charge in [-0.25, -0.2) is 19.2 Å². The van der Waals surface area contributed by atoms with Gasteiger partial charge in [0.05, 0.1) is 5.34 Å². The Bertz CT molecular complexity index is 2650. The number of primary amides is 2. The summed E-state index contributed by atoms with van der Waals surface area (Å²) in [7, 11) is 0. The molecule has 21 nitrogen and oxygen atoms in total. The number of carboxylic acids is 1. The summed E-state index contributed by atoms with van der Waals surface area (Å²) < 4.78 is 29.8. The van der Waals surface area contributed by atoms with Crippen LogP contribution < -0.4 is 22.1 Å². The molecule has 2 rings (SSSR count). The number of hydrogen-bond acceptors (Lipinski definition) is 16. The highest BCUT2D eigenvalue weighted by atomic mass is 35.5. The van der Waals surface area contributed by atoms with Crippen LogP contribution in [-0.4, -0.2) is 68.3 Å². The van der Waals surface area contributed by atoms with E-state index in [1.165, 1.54) is 231 Å². The fourth-order valence-corrected chi connectivity index (χ4v) is 11.7. The van der Waals surface area contributed by atoms with Crippen molar-refractivity contribution in [2.24, 2.45) is 11.5 Å². The van der Waals surface area contributed by atoms with Gasteiger partial charge in [0, 0.05) is 25.7 Å². The molecular formula is C93H161Cl5N4O17. The minimum absolute atomic E-state index is 0. The monoisotopic (exact) mass is 1780 g/mol.